The van der Waals surface area contributed by atoms with Crippen molar-refractivity contribution in [1.82, 2.24) is 10.7 Å². The molecular formula is C22H25ClN4O4. The van der Waals surface area contributed by atoms with Gasteiger partial charge in [-0.1, -0.05) is 43.1 Å². The zero-order valence-electron chi connectivity index (χ0n) is 17.5. The van der Waals surface area contributed by atoms with Gasteiger partial charge < -0.3 is 15.8 Å². The summed E-state index contributed by atoms with van der Waals surface area (Å²) >= 11 is 5.99. The molecule has 0 heterocycles. The monoisotopic (exact) mass is 444 g/mol. The minimum absolute atomic E-state index is 0.176. The van der Waals surface area contributed by atoms with E-state index in [0.29, 0.717) is 21.9 Å². The van der Waals surface area contributed by atoms with Gasteiger partial charge in [-0.2, -0.15) is 5.10 Å². The third-order valence-electron chi connectivity index (χ3n) is 4.27. The molecule has 164 valence electrons. The Kier molecular flexibility index (Phi) is 8.57. The van der Waals surface area contributed by atoms with Crippen LogP contribution in [0.2, 0.25) is 5.02 Å². The maximum Gasteiger partial charge on any atom is 0.262 e. The summed E-state index contributed by atoms with van der Waals surface area (Å²) in [6, 6.07) is 11.0. The number of nitrogens with zero attached hydrogens (tertiary/aromatic N) is 1. The van der Waals surface area contributed by atoms with Gasteiger partial charge in [0, 0.05) is 16.1 Å². The highest BCUT2D eigenvalue weighted by Crippen LogP contribution is 2.21. The molecule has 1 atom stereocenters. The molecule has 0 bridgehead atoms. The topological polar surface area (TPSA) is 123 Å². The highest BCUT2D eigenvalue weighted by atomic mass is 35.5. The van der Waals surface area contributed by atoms with Crippen molar-refractivity contribution in [3.8, 4) is 5.75 Å². The number of rotatable bonds is 9. The summed E-state index contributed by atoms with van der Waals surface area (Å²) in [5, 5.41) is 7.09. The Morgan fingerprint density at radius 1 is 1.16 bits per heavy atom. The number of hydrogen-bond acceptors (Lipinski definition) is 5. The molecule has 2 aromatic carbocycles. The lowest BCUT2D eigenvalue weighted by Gasteiger charge is -2.20. The number of hydrazone groups is 1. The average Bonchev–Trinajstić information content (AvgIpc) is 2.71. The normalized spacial score (nSPS) is 11.9. The molecule has 2 aromatic rings. The lowest BCUT2D eigenvalue weighted by Crippen LogP contribution is -2.48. The SMILES string of the molecule is Cc1ccc(C(=O)NC(C(=O)N/N=C/c2cc(Cl)ccc2OCC(N)=O)C(C)C)cc1. The molecule has 0 saturated heterocycles. The molecule has 8 nitrogen and oxygen atoms in total. The van der Waals surface area contributed by atoms with Gasteiger partial charge >= 0.3 is 0 Å². The van der Waals surface area contributed by atoms with Crippen molar-refractivity contribution in [1.29, 1.82) is 0 Å². The van der Waals surface area contributed by atoms with Gasteiger partial charge in [-0.25, -0.2) is 5.43 Å². The van der Waals surface area contributed by atoms with Crippen LogP contribution in [-0.2, 0) is 9.59 Å². The number of nitrogens with two attached hydrogens (primary N) is 1. The zero-order chi connectivity index (χ0) is 23.0. The summed E-state index contributed by atoms with van der Waals surface area (Å²) in [6.07, 6.45) is 1.33. The van der Waals surface area contributed by atoms with Gasteiger partial charge in [-0.05, 0) is 43.2 Å². The van der Waals surface area contributed by atoms with E-state index in [4.69, 9.17) is 22.1 Å². The number of primary amides is 1. The molecule has 0 aromatic heterocycles. The van der Waals surface area contributed by atoms with Gasteiger partial charge in [0.2, 0.25) is 0 Å². The summed E-state index contributed by atoms with van der Waals surface area (Å²) in [5.74, 6) is -1.31. The quantitative estimate of drug-likeness (QED) is 0.406. The number of benzene rings is 2. The fourth-order valence-corrected chi connectivity index (χ4v) is 2.78. The third kappa shape index (κ3) is 7.42. The lowest BCUT2D eigenvalue weighted by molar-refractivity contribution is -0.124. The Hall–Kier alpha value is -3.39. The molecule has 0 spiro atoms. The van der Waals surface area contributed by atoms with Crippen LogP contribution in [0.4, 0.5) is 0 Å². The van der Waals surface area contributed by atoms with E-state index in [2.05, 4.69) is 15.8 Å². The minimum atomic E-state index is -0.795. The highest BCUT2D eigenvalue weighted by Gasteiger charge is 2.24. The first-order valence-corrected chi connectivity index (χ1v) is 9.96. The number of ether oxygens (including phenoxy) is 1. The molecule has 0 radical (unpaired) electrons. The predicted molar refractivity (Wildman–Crippen MR) is 119 cm³/mol. The molecule has 0 aliphatic heterocycles. The number of nitrogens with one attached hydrogen (secondary N) is 2. The molecule has 31 heavy (non-hydrogen) atoms. The van der Waals surface area contributed by atoms with Crippen molar-refractivity contribution >= 4 is 35.5 Å². The van der Waals surface area contributed by atoms with Crippen molar-refractivity contribution in [2.24, 2.45) is 16.8 Å². The van der Waals surface area contributed by atoms with Crippen LogP contribution in [0.3, 0.4) is 0 Å². The smallest absolute Gasteiger partial charge is 0.262 e. The van der Waals surface area contributed by atoms with Crippen LogP contribution < -0.4 is 21.2 Å². The van der Waals surface area contributed by atoms with E-state index in [1.807, 2.05) is 32.9 Å². The van der Waals surface area contributed by atoms with Gasteiger partial charge in [0.1, 0.15) is 11.8 Å². The Labute approximate surface area is 185 Å². The second kappa shape index (κ2) is 11.1. The largest absolute Gasteiger partial charge is 0.483 e. The van der Waals surface area contributed by atoms with E-state index in [-0.39, 0.29) is 18.4 Å². The standard InChI is InChI=1S/C22H25ClN4O4/c1-13(2)20(26-21(29)15-6-4-14(3)5-7-15)22(30)27-25-11-16-10-17(23)8-9-18(16)31-12-19(24)28/h4-11,13,20H,12H2,1-3H3,(H2,24,28)(H,26,29)(H,27,30)/b25-11+. The molecule has 0 saturated carbocycles. The van der Waals surface area contributed by atoms with Crippen molar-refractivity contribution in [2.45, 2.75) is 26.8 Å². The first-order valence-electron chi connectivity index (χ1n) is 9.58. The van der Waals surface area contributed by atoms with Crippen LogP contribution in [-0.4, -0.2) is 36.6 Å². The van der Waals surface area contributed by atoms with Crippen LogP contribution in [0.1, 0.15) is 35.3 Å². The number of carbonyl (C=O) groups is 3. The summed E-state index contributed by atoms with van der Waals surface area (Å²) in [6.45, 7) is 5.25. The van der Waals surface area contributed by atoms with Crippen LogP contribution in [0.5, 0.6) is 5.75 Å². The Morgan fingerprint density at radius 3 is 2.45 bits per heavy atom. The Bertz CT molecular complexity index is 974. The highest BCUT2D eigenvalue weighted by molar-refractivity contribution is 6.30. The van der Waals surface area contributed by atoms with E-state index in [1.165, 1.54) is 6.21 Å². The molecule has 3 amide bonds. The number of carbonyl (C=O) groups excluding carboxylic acids is 3. The second-order valence-corrected chi connectivity index (χ2v) is 7.67. The fraction of sp³-hybridized carbons (Fsp3) is 0.273. The van der Waals surface area contributed by atoms with Gasteiger partial charge in [0.25, 0.3) is 17.7 Å². The summed E-state index contributed by atoms with van der Waals surface area (Å²) < 4.78 is 5.31. The van der Waals surface area contributed by atoms with Crippen molar-refractivity contribution in [3.63, 3.8) is 0 Å². The van der Waals surface area contributed by atoms with Crippen LogP contribution in [0, 0.1) is 12.8 Å². The first-order chi connectivity index (χ1) is 14.7. The van der Waals surface area contributed by atoms with Crippen molar-refractivity contribution < 1.29 is 19.1 Å². The van der Waals surface area contributed by atoms with E-state index in [9.17, 15) is 14.4 Å². The molecule has 9 heteroatoms. The first kappa shape index (κ1) is 23.9. The van der Waals surface area contributed by atoms with Gasteiger partial charge in [-0.15, -0.1) is 0 Å². The summed E-state index contributed by atoms with van der Waals surface area (Å²) in [5.41, 5.74) is 9.45. The van der Waals surface area contributed by atoms with E-state index < -0.39 is 17.9 Å². The van der Waals surface area contributed by atoms with Crippen molar-refractivity contribution in [3.05, 3.63) is 64.2 Å². The molecule has 4 N–H and O–H groups in total. The van der Waals surface area contributed by atoms with Gasteiger partial charge in [-0.3, -0.25) is 14.4 Å². The second-order valence-electron chi connectivity index (χ2n) is 7.23. The summed E-state index contributed by atoms with van der Waals surface area (Å²) in [4.78, 5) is 36.0. The number of hydrogen-bond donors (Lipinski definition) is 3. The predicted octanol–water partition coefficient (Wildman–Crippen LogP) is 2.42. The molecule has 0 fully saturated rings. The molecule has 2 rings (SSSR count). The maximum absolute atomic E-state index is 12.6. The van der Waals surface area contributed by atoms with Gasteiger partial charge in [0.05, 0.1) is 6.21 Å². The van der Waals surface area contributed by atoms with E-state index in [1.54, 1.807) is 30.3 Å². The average molecular weight is 445 g/mol. The van der Waals surface area contributed by atoms with Crippen LogP contribution in [0.25, 0.3) is 0 Å². The minimum Gasteiger partial charge on any atom is -0.483 e. The fourth-order valence-electron chi connectivity index (χ4n) is 2.60. The molecule has 0 aliphatic carbocycles. The maximum atomic E-state index is 12.6. The number of halogens is 1. The lowest BCUT2D eigenvalue weighted by atomic mass is 10.0. The number of aryl methyl sites for hydroxylation is 1. The Morgan fingerprint density at radius 2 is 1.84 bits per heavy atom. The summed E-state index contributed by atoms with van der Waals surface area (Å²) in [7, 11) is 0. The Balaban J connectivity index is 2.07. The van der Waals surface area contributed by atoms with E-state index >= 15 is 0 Å². The zero-order valence-corrected chi connectivity index (χ0v) is 18.3. The third-order valence-corrected chi connectivity index (χ3v) is 4.50. The van der Waals surface area contributed by atoms with E-state index in [0.717, 1.165) is 5.56 Å². The number of amides is 3. The van der Waals surface area contributed by atoms with Crippen LogP contribution in [0.15, 0.2) is 47.6 Å². The molecule has 0 aliphatic rings. The van der Waals surface area contributed by atoms with Crippen molar-refractivity contribution in [2.75, 3.05) is 6.61 Å². The van der Waals surface area contributed by atoms with Gasteiger partial charge in [0.15, 0.2) is 6.61 Å². The van der Waals surface area contributed by atoms with Crippen LogP contribution >= 0.6 is 11.6 Å². The molecular weight excluding hydrogens is 420 g/mol. The molecule has 1 unspecified atom stereocenters.